The Hall–Kier alpha value is -3.11. The number of hydrogen-bond acceptors (Lipinski definition) is 8. The van der Waals surface area contributed by atoms with Crippen molar-refractivity contribution < 1.29 is 14.6 Å². The van der Waals surface area contributed by atoms with Crippen molar-refractivity contribution >= 4 is 11.6 Å². The number of para-hydroxylation sites is 1. The molecule has 2 saturated heterocycles. The highest BCUT2D eigenvalue weighted by Crippen LogP contribution is 2.41. The lowest BCUT2D eigenvalue weighted by Gasteiger charge is -2.33. The van der Waals surface area contributed by atoms with Gasteiger partial charge < -0.3 is 36.0 Å². The summed E-state index contributed by atoms with van der Waals surface area (Å²) < 4.78 is 6.01. The molecule has 2 aromatic rings. The van der Waals surface area contributed by atoms with E-state index in [-0.39, 0.29) is 23.8 Å². The molecule has 0 aromatic heterocycles. The van der Waals surface area contributed by atoms with Crippen LogP contribution in [0.25, 0.3) is 11.1 Å². The largest absolute Gasteiger partial charge is 0.496 e. The number of nitrogens with one attached hydrogen (secondary N) is 2. The smallest absolute Gasteiger partial charge is 0.251 e. The molecule has 54 heavy (non-hydrogen) atoms. The van der Waals surface area contributed by atoms with Crippen LogP contribution >= 0.6 is 0 Å². The van der Waals surface area contributed by atoms with Crippen LogP contribution in [-0.4, -0.2) is 101 Å². The van der Waals surface area contributed by atoms with E-state index in [0.29, 0.717) is 17.5 Å². The normalized spacial score (nSPS) is 23.4. The molecule has 304 valence electrons. The van der Waals surface area contributed by atoms with Crippen molar-refractivity contribution in [2.24, 2.45) is 28.9 Å². The van der Waals surface area contributed by atoms with Crippen molar-refractivity contribution in [1.29, 1.82) is 0 Å². The fourth-order valence-electron chi connectivity index (χ4n) is 8.98. The third-order valence-electron chi connectivity index (χ3n) is 11.6. The van der Waals surface area contributed by atoms with E-state index in [2.05, 4.69) is 73.3 Å². The molecule has 5 atom stereocenters. The maximum Gasteiger partial charge on any atom is 0.251 e. The van der Waals surface area contributed by atoms with Gasteiger partial charge in [-0.25, -0.2) is 0 Å². The van der Waals surface area contributed by atoms with Crippen LogP contribution in [0.2, 0.25) is 0 Å². The number of amides is 1. The summed E-state index contributed by atoms with van der Waals surface area (Å²) in [6.07, 6.45) is 11.1. The van der Waals surface area contributed by atoms with E-state index >= 15 is 0 Å². The van der Waals surface area contributed by atoms with Gasteiger partial charge in [0.05, 0.1) is 19.3 Å². The fraction of sp³-hybridized carbons (Fsp3) is 0.667. The Labute approximate surface area is 329 Å². The summed E-state index contributed by atoms with van der Waals surface area (Å²) in [6, 6.07) is 11.9. The lowest BCUT2D eigenvalue weighted by Crippen LogP contribution is -2.41. The number of nitrogens with zero attached hydrogens (tertiary/aromatic N) is 3. The van der Waals surface area contributed by atoms with E-state index in [1.54, 1.807) is 14.2 Å². The number of benzene rings is 2. The summed E-state index contributed by atoms with van der Waals surface area (Å²) in [6.45, 7) is 19.5. The van der Waals surface area contributed by atoms with E-state index in [0.717, 1.165) is 59.3 Å². The van der Waals surface area contributed by atoms with Gasteiger partial charge in [0.25, 0.3) is 5.91 Å². The van der Waals surface area contributed by atoms with E-state index in [9.17, 15) is 9.90 Å². The number of allylic oxidation sites excluding steroid dienone is 1. The fourth-order valence-corrected chi connectivity index (χ4v) is 8.98. The lowest BCUT2D eigenvalue weighted by atomic mass is 9.73. The van der Waals surface area contributed by atoms with Crippen molar-refractivity contribution in [1.82, 2.24) is 20.4 Å². The summed E-state index contributed by atoms with van der Waals surface area (Å²) in [5.41, 5.74) is 12.5. The van der Waals surface area contributed by atoms with Crippen LogP contribution in [0.1, 0.15) is 102 Å². The highest BCUT2D eigenvalue weighted by atomic mass is 16.5. The number of methoxy groups -OCH3 is 1. The first-order chi connectivity index (χ1) is 25.7. The molecule has 9 heteroatoms. The predicted molar refractivity (Wildman–Crippen MR) is 228 cm³/mol. The minimum atomic E-state index is -0.489. The standard InChI is InChI=1S/C30H45N5O3.C9H18.C6H13N/c1-8-10-26(31)28-27(19(2)36)23(16-32-3)18-35(28)17-20-11-9-12-25(29(20)38-7)21-13-22(30(37)33-4)15-24(14-21)34(5)6;1-8-5-4-6-9(2,3)7-8;1-2-7-5-3-4-6-7/h9-15,19,23,27-28,32,36H,8,16-18,31H2,1-7H3,(H,33,37);8H,4-7H2,1-3H3;2-6H2,1H3/b26-10-;;/t19-,23?,27?,28?;;/m0../s1. The van der Waals surface area contributed by atoms with Crippen LogP contribution in [0, 0.1) is 23.2 Å². The van der Waals surface area contributed by atoms with Crippen LogP contribution in [0.3, 0.4) is 0 Å². The van der Waals surface area contributed by atoms with Gasteiger partial charge in [-0.1, -0.05) is 71.7 Å². The molecule has 2 aromatic carbocycles. The van der Waals surface area contributed by atoms with Gasteiger partial charge in [-0.05, 0) is 113 Å². The second kappa shape index (κ2) is 21.8. The molecule has 9 nitrogen and oxygen atoms in total. The van der Waals surface area contributed by atoms with Crippen molar-refractivity contribution in [2.75, 3.05) is 72.9 Å². The Bertz CT molecular complexity index is 1470. The number of nitrogens with two attached hydrogens (primary N) is 1. The Balaban J connectivity index is 0.000000399. The number of carbonyl (C=O) groups excluding carboxylic acids is 1. The van der Waals surface area contributed by atoms with Crippen molar-refractivity contribution in [2.45, 2.75) is 105 Å². The topological polar surface area (TPSA) is 106 Å². The molecular weight excluding hydrogens is 673 g/mol. The molecule has 2 heterocycles. The molecule has 1 saturated carbocycles. The number of ether oxygens (including phenoxy) is 1. The number of aliphatic hydroxyl groups is 1. The number of carbonyl (C=O) groups is 1. The Kier molecular flexibility index (Phi) is 18.3. The number of hydrogen-bond donors (Lipinski definition) is 4. The zero-order chi connectivity index (χ0) is 40.0. The van der Waals surface area contributed by atoms with Crippen molar-refractivity contribution in [3.05, 3.63) is 59.3 Å². The van der Waals surface area contributed by atoms with Gasteiger partial charge in [-0.3, -0.25) is 9.69 Å². The Morgan fingerprint density at radius 2 is 1.83 bits per heavy atom. The number of rotatable bonds is 12. The average molecular weight is 749 g/mol. The highest BCUT2D eigenvalue weighted by molar-refractivity contribution is 5.97. The lowest BCUT2D eigenvalue weighted by molar-refractivity contribution is 0.0874. The van der Waals surface area contributed by atoms with Crippen LogP contribution < -0.4 is 26.0 Å². The molecule has 1 amide bonds. The number of aliphatic hydroxyl groups excluding tert-OH is 1. The van der Waals surface area contributed by atoms with Gasteiger partial charge in [-0.2, -0.15) is 0 Å². The average Bonchev–Trinajstić information content (AvgIpc) is 3.79. The van der Waals surface area contributed by atoms with Gasteiger partial charge in [0.1, 0.15) is 5.75 Å². The van der Waals surface area contributed by atoms with Crippen LogP contribution in [0.15, 0.2) is 48.2 Å². The van der Waals surface area contributed by atoms with E-state index in [1.165, 1.54) is 58.2 Å². The third kappa shape index (κ3) is 12.7. The van der Waals surface area contributed by atoms with E-state index < -0.39 is 6.10 Å². The Morgan fingerprint density at radius 3 is 2.33 bits per heavy atom. The first-order valence-corrected chi connectivity index (χ1v) is 20.6. The third-order valence-corrected chi connectivity index (χ3v) is 11.6. The maximum absolute atomic E-state index is 12.5. The quantitative estimate of drug-likeness (QED) is 0.178. The van der Waals surface area contributed by atoms with Gasteiger partial charge >= 0.3 is 0 Å². The van der Waals surface area contributed by atoms with Crippen molar-refractivity contribution in [3.63, 3.8) is 0 Å². The second-order valence-electron chi connectivity index (χ2n) is 16.9. The SMILES string of the molecule is CC/C=C(\N)C1C([C@H](C)O)C(CNC)CN1Cc1cccc(-c2cc(C(=O)NC)cc(N(C)C)c2)c1OC.CC1CCCC(C)(C)C1.CCN1CCCC1. The molecular formula is C45H76N6O3. The predicted octanol–water partition coefficient (Wildman–Crippen LogP) is 7.38. The number of likely N-dealkylation sites (tertiary alicyclic amines) is 2. The van der Waals surface area contributed by atoms with Crippen LogP contribution in [-0.2, 0) is 6.54 Å². The van der Waals surface area contributed by atoms with Crippen molar-refractivity contribution in [3.8, 4) is 16.9 Å². The summed E-state index contributed by atoms with van der Waals surface area (Å²) in [5, 5.41) is 16.8. The molecule has 1 aliphatic carbocycles. The monoisotopic (exact) mass is 749 g/mol. The van der Waals surface area contributed by atoms with E-state index in [1.807, 2.05) is 57.2 Å². The minimum absolute atomic E-state index is 0.0197. The molecule has 3 fully saturated rings. The first kappa shape index (κ1) is 45.3. The summed E-state index contributed by atoms with van der Waals surface area (Å²) >= 11 is 0. The molecule has 4 unspecified atom stereocenters. The second-order valence-corrected chi connectivity index (χ2v) is 16.9. The van der Waals surface area contributed by atoms with E-state index in [4.69, 9.17) is 10.5 Å². The van der Waals surface area contributed by atoms with Crippen LogP contribution in [0.4, 0.5) is 5.69 Å². The molecule has 0 spiro atoms. The molecule has 5 N–H and O–H groups in total. The summed E-state index contributed by atoms with van der Waals surface area (Å²) in [5.74, 6) is 1.89. The van der Waals surface area contributed by atoms with Crippen LogP contribution in [0.5, 0.6) is 5.75 Å². The molecule has 0 bridgehead atoms. The molecule has 2 aliphatic heterocycles. The summed E-state index contributed by atoms with van der Waals surface area (Å²) in [4.78, 5) is 19.4. The highest BCUT2D eigenvalue weighted by Gasteiger charge is 2.45. The Morgan fingerprint density at radius 1 is 1.13 bits per heavy atom. The molecule has 5 rings (SSSR count). The number of anilines is 1. The zero-order valence-corrected chi connectivity index (χ0v) is 35.8. The van der Waals surface area contributed by atoms with Gasteiger partial charge in [0.2, 0.25) is 0 Å². The molecule has 0 radical (unpaired) electrons. The zero-order valence-electron chi connectivity index (χ0n) is 35.8. The summed E-state index contributed by atoms with van der Waals surface area (Å²) in [7, 11) is 9.19. The maximum atomic E-state index is 12.5. The molecule has 3 aliphatic rings. The minimum Gasteiger partial charge on any atom is -0.496 e. The first-order valence-electron chi connectivity index (χ1n) is 20.6. The van der Waals surface area contributed by atoms with Gasteiger partial charge in [0, 0.05) is 68.2 Å². The van der Waals surface area contributed by atoms with Gasteiger partial charge in [0.15, 0.2) is 0 Å². The van der Waals surface area contributed by atoms with Gasteiger partial charge in [-0.15, -0.1) is 0 Å².